The molecular weight excluding hydrogens is 197 g/mol. The van der Waals surface area contributed by atoms with Gasteiger partial charge in [0.15, 0.2) is 11.8 Å². The maximum Gasteiger partial charge on any atom is 0.286 e. The van der Waals surface area contributed by atoms with Gasteiger partial charge in [-0.2, -0.15) is 0 Å². The van der Waals surface area contributed by atoms with Crippen LogP contribution in [0, 0.1) is 5.41 Å². The van der Waals surface area contributed by atoms with E-state index in [-0.39, 0.29) is 0 Å². The quantitative estimate of drug-likeness (QED) is 0.384. The number of carbonyl (C=O) groups excluding carboxylic acids is 1. The molecule has 78 valence electrons. The van der Waals surface area contributed by atoms with Crippen LogP contribution in [0.25, 0.3) is 6.08 Å². The van der Waals surface area contributed by atoms with Crippen molar-refractivity contribution >= 4 is 17.9 Å². The second-order valence-corrected chi connectivity index (χ2v) is 2.77. The first-order valence-electron chi connectivity index (χ1n) is 4.17. The smallest absolute Gasteiger partial charge is 0.286 e. The Hall–Kier alpha value is -2.17. The first kappa shape index (κ1) is 10.9. The third-order valence-corrected chi connectivity index (χ3v) is 1.56. The summed E-state index contributed by atoms with van der Waals surface area (Å²) in [7, 11) is 0. The van der Waals surface area contributed by atoms with E-state index < -0.39 is 17.7 Å². The minimum atomic E-state index is -1.02. The highest BCUT2D eigenvalue weighted by molar-refractivity contribution is 6.04. The molecule has 0 aromatic heterocycles. The summed E-state index contributed by atoms with van der Waals surface area (Å²) < 4.78 is 13.1. The summed E-state index contributed by atoms with van der Waals surface area (Å²) in [6, 6.07) is 8.54. The second kappa shape index (κ2) is 4.90. The number of hydrogen-bond donors (Lipinski definition) is 3. The molecule has 0 saturated carbocycles. The topological polar surface area (TPSA) is 79.0 Å². The number of nitrogens with two attached hydrogens (primary N) is 1. The molecular formula is C10H10FN3O. The zero-order chi connectivity index (χ0) is 11.3. The molecule has 4 nitrogen and oxygen atoms in total. The van der Waals surface area contributed by atoms with Gasteiger partial charge in [0.25, 0.3) is 5.91 Å². The van der Waals surface area contributed by atoms with E-state index in [1.807, 2.05) is 5.32 Å². The molecule has 0 heterocycles. The predicted molar refractivity (Wildman–Crippen MR) is 55.6 cm³/mol. The fourth-order valence-corrected chi connectivity index (χ4v) is 0.943. The molecule has 0 aliphatic carbocycles. The fraction of sp³-hybridized carbons (Fsp3) is 0. The van der Waals surface area contributed by atoms with Crippen molar-refractivity contribution in [1.82, 2.24) is 5.32 Å². The average molecular weight is 207 g/mol. The Bertz CT molecular complexity index is 400. The molecule has 0 aliphatic rings. The van der Waals surface area contributed by atoms with Crippen LogP contribution in [0.5, 0.6) is 0 Å². The van der Waals surface area contributed by atoms with Crippen LogP contribution in [-0.2, 0) is 4.79 Å². The van der Waals surface area contributed by atoms with Gasteiger partial charge in [-0.1, -0.05) is 30.3 Å². The van der Waals surface area contributed by atoms with E-state index in [0.29, 0.717) is 5.56 Å². The van der Waals surface area contributed by atoms with Crippen molar-refractivity contribution in [1.29, 1.82) is 5.41 Å². The Balaban J connectivity index is 2.76. The number of amides is 1. The number of guanidine groups is 1. The Kier molecular flexibility index (Phi) is 3.56. The molecule has 4 N–H and O–H groups in total. The SMILES string of the molecule is N=C(N)NC(=O)C(F)=Cc1ccccc1. The normalized spacial score (nSPS) is 10.9. The van der Waals surface area contributed by atoms with E-state index in [4.69, 9.17) is 11.1 Å². The van der Waals surface area contributed by atoms with Crippen LogP contribution in [-0.4, -0.2) is 11.9 Å². The van der Waals surface area contributed by atoms with Crippen molar-refractivity contribution in [2.24, 2.45) is 5.73 Å². The van der Waals surface area contributed by atoms with Crippen molar-refractivity contribution in [3.8, 4) is 0 Å². The van der Waals surface area contributed by atoms with Crippen molar-refractivity contribution in [2.45, 2.75) is 0 Å². The van der Waals surface area contributed by atoms with E-state index in [1.54, 1.807) is 30.3 Å². The highest BCUT2D eigenvalue weighted by Gasteiger charge is 2.08. The van der Waals surface area contributed by atoms with Gasteiger partial charge in [-0.3, -0.25) is 15.5 Å². The predicted octanol–water partition coefficient (Wildman–Crippen LogP) is 1.01. The lowest BCUT2D eigenvalue weighted by Gasteiger charge is -1.99. The second-order valence-electron chi connectivity index (χ2n) is 2.77. The molecule has 0 atom stereocenters. The van der Waals surface area contributed by atoms with Crippen molar-refractivity contribution < 1.29 is 9.18 Å². The largest absolute Gasteiger partial charge is 0.370 e. The van der Waals surface area contributed by atoms with E-state index in [9.17, 15) is 9.18 Å². The van der Waals surface area contributed by atoms with Crippen molar-refractivity contribution in [2.75, 3.05) is 0 Å². The molecule has 0 saturated heterocycles. The third kappa shape index (κ3) is 3.60. The van der Waals surface area contributed by atoms with Gasteiger partial charge in [-0.25, -0.2) is 4.39 Å². The van der Waals surface area contributed by atoms with Crippen LogP contribution >= 0.6 is 0 Å². The summed E-state index contributed by atoms with van der Waals surface area (Å²) in [5.74, 6) is -2.60. The van der Waals surface area contributed by atoms with Gasteiger partial charge >= 0.3 is 0 Å². The molecule has 1 rings (SSSR count). The molecule has 1 aromatic rings. The molecule has 0 radical (unpaired) electrons. The minimum Gasteiger partial charge on any atom is -0.370 e. The number of halogens is 1. The van der Waals surface area contributed by atoms with Crippen LogP contribution < -0.4 is 11.1 Å². The van der Waals surface area contributed by atoms with E-state index in [0.717, 1.165) is 6.08 Å². The average Bonchev–Trinajstić information content (AvgIpc) is 2.18. The number of carbonyl (C=O) groups is 1. The first-order valence-corrected chi connectivity index (χ1v) is 4.17. The molecule has 1 amide bonds. The lowest BCUT2D eigenvalue weighted by molar-refractivity contribution is -0.117. The molecule has 5 heteroatoms. The highest BCUT2D eigenvalue weighted by Crippen LogP contribution is 2.07. The number of nitrogens with one attached hydrogen (secondary N) is 2. The van der Waals surface area contributed by atoms with Crippen LogP contribution in [0.2, 0.25) is 0 Å². The maximum absolute atomic E-state index is 13.1. The summed E-state index contributed by atoms with van der Waals surface area (Å²) in [5.41, 5.74) is 5.45. The lowest BCUT2D eigenvalue weighted by Crippen LogP contribution is -2.35. The Morgan fingerprint density at radius 3 is 2.53 bits per heavy atom. The van der Waals surface area contributed by atoms with Gasteiger partial charge in [0.1, 0.15) is 0 Å². The highest BCUT2D eigenvalue weighted by atomic mass is 19.1. The molecule has 15 heavy (non-hydrogen) atoms. The lowest BCUT2D eigenvalue weighted by atomic mass is 10.2. The summed E-state index contributed by atoms with van der Waals surface area (Å²) >= 11 is 0. The molecule has 0 unspecified atom stereocenters. The molecule has 0 fully saturated rings. The van der Waals surface area contributed by atoms with Crippen molar-refractivity contribution in [3.05, 3.63) is 41.7 Å². The summed E-state index contributed by atoms with van der Waals surface area (Å²) in [5, 5.41) is 8.59. The van der Waals surface area contributed by atoms with E-state index in [1.165, 1.54) is 0 Å². The fourth-order valence-electron chi connectivity index (χ4n) is 0.943. The summed E-state index contributed by atoms with van der Waals surface area (Å²) in [4.78, 5) is 11.0. The molecule has 0 aliphatic heterocycles. The molecule has 0 spiro atoms. The molecule has 1 aromatic carbocycles. The van der Waals surface area contributed by atoms with Gasteiger partial charge in [0, 0.05) is 0 Å². The van der Waals surface area contributed by atoms with Gasteiger partial charge in [0.05, 0.1) is 0 Å². The Labute approximate surface area is 86.1 Å². The zero-order valence-electron chi connectivity index (χ0n) is 7.83. The van der Waals surface area contributed by atoms with Crippen LogP contribution in [0.1, 0.15) is 5.56 Å². The first-order chi connectivity index (χ1) is 7.09. The van der Waals surface area contributed by atoms with Crippen molar-refractivity contribution in [3.63, 3.8) is 0 Å². The zero-order valence-corrected chi connectivity index (χ0v) is 7.83. The van der Waals surface area contributed by atoms with Gasteiger partial charge in [-0.05, 0) is 11.6 Å². The van der Waals surface area contributed by atoms with Gasteiger partial charge in [-0.15, -0.1) is 0 Å². The monoisotopic (exact) mass is 207 g/mol. The van der Waals surface area contributed by atoms with Crippen LogP contribution in [0.4, 0.5) is 4.39 Å². The minimum absolute atomic E-state index is 0.564. The van der Waals surface area contributed by atoms with Crippen LogP contribution in [0.15, 0.2) is 36.2 Å². The number of rotatable bonds is 2. The van der Waals surface area contributed by atoms with Gasteiger partial charge in [0.2, 0.25) is 0 Å². The Morgan fingerprint density at radius 2 is 2.00 bits per heavy atom. The van der Waals surface area contributed by atoms with Gasteiger partial charge < -0.3 is 5.73 Å². The number of hydrogen-bond acceptors (Lipinski definition) is 2. The van der Waals surface area contributed by atoms with E-state index in [2.05, 4.69) is 0 Å². The third-order valence-electron chi connectivity index (χ3n) is 1.56. The Morgan fingerprint density at radius 1 is 1.40 bits per heavy atom. The molecule has 0 bridgehead atoms. The van der Waals surface area contributed by atoms with Crippen LogP contribution in [0.3, 0.4) is 0 Å². The summed E-state index contributed by atoms with van der Waals surface area (Å²) in [6.07, 6.45) is 1.07. The number of benzene rings is 1. The standard InChI is InChI=1S/C10H10FN3O/c11-8(9(15)14-10(12)13)6-7-4-2-1-3-5-7/h1-6H,(H4,12,13,14,15). The summed E-state index contributed by atoms with van der Waals surface area (Å²) in [6.45, 7) is 0. The van der Waals surface area contributed by atoms with E-state index >= 15 is 0 Å². The maximum atomic E-state index is 13.1.